The Balaban J connectivity index is 1.95. The van der Waals surface area contributed by atoms with Gasteiger partial charge in [-0.2, -0.15) is 0 Å². The van der Waals surface area contributed by atoms with Crippen molar-refractivity contribution in [3.05, 3.63) is 46.7 Å². The summed E-state index contributed by atoms with van der Waals surface area (Å²) in [7, 11) is 3.54. The number of amides is 1. The van der Waals surface area contributed by atoms with Crippen molar-refractivity contribution in [1.29, 1.82) is 0 Å². The molecule has 1 amide bonds. The average Bonchev–Trinajstić information content (AvgIpc) is 3.01. The molecule has 0 aliphatic carbocycles. The van der Waals surface area contributed by atoms with Gasteiger partial charge in [-0.1, -0.05) is 18.2 Å². The Morgan fingerprint density at radius 1 is 1.33 bits per heavy atom. The summed E-state index contributed by atoms with van der Waals surface area (Å²) in [5.74, 6) is 0.616. The van der Waals surface area contributed by atoms with Gasteiger partial charge in [-0.3, -0.25) is 9.69 Å². The molecule has 2 rings (SSSR count). The highest BCUT2D eigenvalue weighted by Crippen LogP contribution is 2.25. The first-order chi connectivity index (χ1) is 10.1. The van der Waals surface area contributed by atoms with E-state index in [2.05, 4.69) is 23.7 Å². The van der Waals surface area contributed by atoms with E-state index in [-0.39, 0.29) is 11.9 Å². The monoisotopic (exact) mass is 304 g/mol. The topological polar surface area (TPSA) is 41.6 Å². The largest absolute Gasteiger partial charge is 0.495 e. The first-order valence-electron chi connectivity index (χ1n) is 6.78. The zero-order chi connectivity index (χ0) is 15.2. The molecule has 0 aliphatic heterocycles. The van der Waals surface area contributed by atoms with Crippen LogP contribution in [0.4, 0.5) is 5.69 Å². The zero-order valence-electron chi connectivity index (χ0n) is 12.5. The minimum atomic E-state index is -0.0505. The Morgan fingerprint density at radius 2 is 2.10 bits per heavy atom. The highest BCUT2D eigenvalue weighted by Gasteiger charge is 2.16. The van der Waals surface area contributed by atoms with Gasteiger partial charge in [0.15, 0.2) is 0 Å². The van der Waals surface area contributed by atoms with Gasteiger partial charge in [-0.15, -0.1) is 11.3 Å². The highest BCUT2D eigenvalue weighted by atomic mass is 32.1. The number of methoxy groups -OCH3 is 1. The molecular weight excluding hydrogens is 284 g/mol. The quantitative estimate of drug-likeness (QED) is 0.889. The summed E-state index contributed by atoms with van der Waals surface area (Å²) in [6.07, 6.45) is 0. The first-order valence-corrected chi connectivity index (χ1v) is 7.66. The first kappa shape index (κ1) is 15.5. The van der Waals surface area contributed by atoms with Gasteiger partial charge in [-0.25, -0.2) is 0 Å². The summed E-state index contributed by atoms with van der Waals surface area (Å²) in [5.41, 5.74) is 0.696. The molecule has 0 unspecified atom stereocenters. The summed E-state index contributed by atoms with van der Waals surface area (Å²) in [6, 6.07) is 11.7. The van der Waals surface area contributed by atoms with Crippen molar-refractivity contribution in [3.63, 3.8) is 0 Å². The van der Waals surface area contributed by atoms with Gasteiger partial charge in [0.1, 0.15) is 5.75 Å². The summed E-state index contributed by atoms with van der Waals surface area (Å²) >= 11 is 1.70. The minimum absolute atomic E-state index is 0.0505. The van der Waals surface area contributed by atoms with Crippen LogP contribution in [0.25, 0.3) is 0 Å². The van der Waals surface area contributed by atoms with E-state index in [1.54, 1.807) is 18.4 Å². The third-order valence-corrected chi connectivity index (χ3v) is 4.43. The molecule has 0 radical (unpaired) electrons. The van der Waals surface area contributed by atoms with Crippen molar-refractivity contribution >= 4 is 22.9 Å². The predicted molar refractivity (Wildman–Crippen MR) is 87.0 cm³/mol. The molecule has 0 fully saturated rings. The number of hydrogen-bond acceptors (Lipinski definition) is 4. The fraction of sp³-hybridized carbons (Fsp3) is 0.312. The third kappa shape index (κ3) is 4.06. The van der Waals surface area contributed by atoms with Gasteiger partial charge in [0.05, 0.1) is 19.3 Å². The SMILES string of the molecule is COc1ccccc1NC(=O)CN(C)[C@H](C)c1cccs1. The summed E-state index contributed by atoms with van der Waals surface area (Å²) < 4.78 is 5.23. The summed E-state index contributed by atoms with van der Waals surface area (Å²) in [4.78, 5) is 15.4. The van der Waals surface area contributed by atoms with E-state index in [0.29, 0.717) is 18.0 Å². The summed E-state index contributed by atoms with van der Waals surface area (Å²) in [5, 5.41) is 4.94. The molecule has 0 bridgehead atoms. The molecule has 1 aromatic heterocycles. The smallest absolute Gasteiger partial charge is 0.238 e. The van der Waals surface area contributed by atoms with E-state index >= 15 is 0 Å². The second kappa shape index (κ2) is 7.24. The normalized spacial score (nSPS) is 12.2. The highest BCUT2D eigenvalue weighted by molar-refractivity contribution is 7.10. The second-order valence-corrected chi connectivity index (χ2v) is 5.83. The number of para-hydroxylation sites is 2. The van der Waals surface area contributed by atoms with Gasteiger partial charge in [-0.05, 0) is 37.6 Å². The molecule has 2 aromatic rings. The fourth-order valence-electron chi connectivity index (χ4n) is 2.05. The molecule has 0 aliphatic rings. The van der Waals surface area contributed by atoms with Crippen LogP contribution < -0.4 is 10.1 Å². The van der Waals surface area contributed by atoms with E-state index < -0.39 is 0 Å². The molecule has 1 N–H and O–H groups in total. The Kier molecular flexibility index (Phi) is 5.36. The Bertz CT molecular complexity index is 584. The maximum Gasteiger partial charge on any atom is 0.238 e. The van der Waals surface area contributed by atoms with Crippen molar-refractivity contribution < 1.29 is 9.53 Å². The Labute approximate surface area is 129 Å². The van der Waals surface area contributed by atoms with Crippen molar-refractivity contribution in [2.75, 3.05) is 26.0 Å². The van der Waals surface area contributed by atoms with Crippen molar-refractivity contribution in [3.8, 4) is 5.75 Å². The lowest BCUT2D eigenvalue weighted by molar-refractivity contribution is -0.117. The molecule has 0 saturated carbocycles. The van der Waals surface area contributed by atoms with Crippen LogP contribution in [-0.2, 0) is 4.79 Å². The predicted octanol–water partition coefficient (Wildman–Crippen LogP) is 3.39. The van der Waals surface area contributed by atoms with Crippen LogP contribution in [-0.4, -0.2) is 31.5 Å². The van der Waals surface area contributed by atoms with Gasteiger partial charge in [0.25, 0.3) is 0 Å². The molecule has 0 spiro atoms. The summed E-state index contributed by atoms with van der Waals surface area (Å²) in [6.45, 7) is 2.43. The van der Waals surface area contributed by atoms with Crippen LogP contribution in [0.3, 0.4) is 0 Å². The lowest BCUT2D eigenvalue weighted by Gasteiger charge is -2.23. The van der Waals surface area contributed by atoms with Crippen LogP contribution >= 0.6 is 11.3 Å². The van der Waals surface area contributed by atoms with Gasteiger partial charge < -0.3 is 10.1 Å². The van der Waals surface area contributed by atoms with Crippen molar-refractivity contribution in [1.82, 2.24) is 4.90 Å². The lowest BCUT2D eigenvalue weighted by atomic mass is 10.2. The van der Waals surface area contributed by atoms with Gasteiger partial charge in [0.2, 0.25) is 5.91 Å². The van der Waals surface area contributed by atoms with Crippen LogP contribution in [0.1, 0.15) is 17.8 Å². The molecule has 0 saturated heterocycles. The maximum absolute atomic E-state index is 12.2. The number of anilines is 1. The number of carbonyl (C=O) groups excluding carboxylic acids is 1. The second-order valence-electron chi connectivity index (χ2n) is 4.85. The van der Waals surface area contributed by atoms with Crippen LogP contribution in [0, 0.1) is 0 Å². The third-order valence-electron chi connectivity index (χ3n) is 3.39. The number of hydrogen-bond donors (Lipinski definition) is 1. The number of nitrogens with zero attached hydrogens (tertiary/aromatic N) is 1. The van der Waals surface area contributed by atoms with Crippen LogP contribution in [0.5, 0.6) is 5.75 Å². The van der Waals surface area contributed by atoms with Crippen LogP contribution in [0.2, 0.25) is 0 Å². The number of rotatable bonds is 6. The standard InChI is InChI=1S/C16H20N2O2S/c1-12(15-9-6-10-21-15)18(2)11-16(19)17-13-7-4-5-8-14(13)20-3/h4-10,12H,11H2,1-3H3,(H,17,19)/t12-/m1/s1. The number of nitrogens with one attached hydrogen (secondary N) is 1. The fourth-order valence-corrected chi connectivity index (χ4v) is 2.90. The lowest BCUT2D eigenvalue weighted by Crippen LogP contribution is -2.32. The molecule has 1 aromatic carbocycles. The number of benzene rings is 1. The minimum Gasteiger partial charge on any atom is -0.495 e. The number of likely N-dealkylation sites (N-methyl/N-ethyl adjacent to an activating group) is 1. The number of carbonyl (C=O) groups is 1. The molecule has 1 heterocycles. The van der Waals surface area contributed by atoms with Gasteiger partial charge in [0, 0.05) is 10.9 Å². The van der Waals surface area contributed by atoms with Crippen LogP contribution in [0.15, 0.2) is 41.8 Å². The molecule has 112 valence electrons. The molecule has 5 heteroatoms. The maximum atomic E-state index is 12.2. The number of thiophene rings is 1. The number of ether oxygens (including phenoxy) is 1. The molecular formula is C16H20N2O2S. The van der Waals surface area contributed by atoms with E-state index in [9.17, 15) is 4.79 Å². The molecule has 21 heavy (non-hydrogen) atoms. The zero-order valence-corrected chi connectivity index (χ0v) is 13.3. The van der Waals surface area contributed by atoms with Crippen molar-refractivity contribution in [2.24, 2.45) is 0 Å². The van der Waals surface area contributed by atoms with Gasteiger partial charge >= 0.3 is 0 Å². The molecule has 1 atom stereocenters. The van der Waals surface area contributed by atoms with Crippen molar-refractivity contribution in [2.45, 2.75) is 13.0 Å². The molecule has 4 nitrogen and oxygen atoms in total. The van der Waals surface area contributed by atoms with E-state index in [4.69, 9.17) is 4.74 Å². The van der Waals surface area contributed by atoms with E-state index in [0.717, 1.165) is 0 Å². The Morgan fingerprint density at radius 3 is 2.76 bits per heavy atom. The Hall–Kier alpha value is -1.85. The average molecular weight is 304 g/mol. The van der Waals surface area contributed by atoms with E-state index in [1.165, 1.54) is 4.88 Å². The van der Waals surface area contributed by atoms with E-state index in [1.807, 2.05) is 42.3 Å².